The van der Waals surface area contributed by atoms with Gasteiger partial charge in [-0.2, -0.15) is 0 Å². The van der Waals surface area contributed by atoms with Crippen LogP contribution < -0.4 is 5.73 Å². The van der Waals surface area contributed by atoms with E-state index < -0.39 is 6.67 Å². The number of hydrogen-bond donors (Lipinski definition) is 1. The number of imidazole rings is 1. The van der Waals surface area contributed by atoms with Crippen molar-refractivity contribution in [3.63, 3.8) is 0 Å². The molecular weight excluding hydrogens is 380 g/mol. The first-order chi connectivity index (χ1) is 14.4. The number of aromatic nitrogens is 2. The third kappa shape index (κ3) is 6.23. The summed E-state index contributed by atoms with van der Waals surface area (Å²) < 4.78 is 28.5. The van der Waals surface area contributed by atoms with E-state index >= 15 is 0 Å². The van der Waals surface area contributed by atoms with E-state index in [0.717, 1.165) is 29.9 Å². The van der Waals surface area contributed by atoms with Gasteiger partial charge in [0.15, 0.2) is 0 Å². The number of nitrogens with zero attached hydrogens (tertiary/aromatic N) is 2. The Morgan fingerprint density at radius 2 is 1.90 bits per heavy atom. The zero-order valence-electron chi connectivity index (χ0n) is 17.7. The van der Waals surface area contributed by atoms with E-state index in [-0.39, 0.29) is 17.3 Å². The van der Waals surface area contributed by atoms with Gasteiger partial charge < -0.3 is 10.3 Å². The summed E-state index contributed by atoms with van der Waals surface area (Å²) >= 11 is 0. The standard InChI is InChI=1S/C25H30F2N3/c1-25(2,13-7-12-22(28)16-26)15-24-29-23(20-10-6-11-21(27)14-20)18-30(24)17-19-8-4-3-5-9-19/h3-6,8-11,14-15,18,22H,7,12-13,16-17,28H2,1-2H3/t22-/m1/s1. The second-order valence-corrected chi connectivity index (χ2v) is 8.55. The summed E-state index contributed by atoms with van der Waals surface area (Å²) in [6, 6.07) is 16.3. The third-order valence-corrected chi connectivity index (χ3v) is 5.24. The van der Waals surface area contributed by atoms with E-state index in [1.165, 1.54) is 17.7 Å². The molecule has 30 heavy (non-hydrogen) atoms. The van der Waals surface area contributed by atoms with Crippen molar-refractivity contribution in [1.82, 2.24) is 9.55 Å². The molecule has 0 saturated heterocycles. The molecule has 159 valence electrons. The van der Waals surface area contributed by atoms with Crippen LogP contribution in [0.25, 0.3) is 11.3 Å². The Bertz CT molecular complexity index is 935. The molecule has 0 spiro atoms. The van der Waals surface area contributed by atoms with Gasteiger partial charge in [-0.15, -0.1) is 0 Å². The van der Waals surface area contributed by atoms with Crippen molar-refractivity contribution in [2.24, 2.45) is 11.1 Å². The lowest BCUT2D eigenvalue weighted by Crippen LogP contribution is -2.23. The fourth-order valence-corrected chi connectivity index (χ4v) is 3.56. The lowest BCUT2D eigenvalue weighted by atomic mass is 9.83. The Morgan fingerprint density at radius 1 is 1.13 bits per heavy atom. The quantitative estimate of drug-likeness (QED) is 0.460. The zero-order valence-corrected chi connectivity index (χ0v) is 17.7. The van der Waals surface area contributed by atoms with Crippen molar-refractivity contribution >= 4 is 0 Å². The Hall–Kier alpha value is -2.53. The molecular formula is C25H30F2N3. The van der Waals surface area contributed by atoms with Crippen LogP contribution in [-0.2, 0) is 6.54 Å². The van der Waals surface area contributed by atoms with Gasteiger partial charge in [-0.3, -0.25) is 0 Å². The fraction of sp³-hybridized carbons (Fsp3) is 0.360. The molecule has 0 amide bonds. The average molecular weight is 411 g/mol. The molecule has 3 rings (SSSR count). The summed E-state index contributed by atoms with van der Waals surface area (Å²) in [7, 11) is 0. The molecule has 0 aliphatic heterocycles. The second-order valence-electron chi connectivity index (χ2n) is 8.55. The van der Waals surface area contributed by atoms with Crippen LogP contribution in [0.5, 0.6) is 0 Å². The Morgan fingerprint density at radius 3 is 2.60 bits per heavy atom. The van der Waals surface area contributed by atoms with Crippen LogP contribution in [-0.4, -0.2) is 22.3 Å². The first-order valence-electron chi connectivity index (χ1n) is 10.4. The van der Waals surface area contributed by atoms with Crippen LogP contribution in [0.1, 0.15) is 44.5 Å². The van der Waals surface area contributed by atoms with Crippen LogP contribution in [0.3, 0.4) is 0 Å². The molecule has 0 unspecified atom stereocenters. The van der Waals surface area contributed by atoms with Gasteiger partial charge in [0, 0.05) is 30.8 Å². The molecule has 0 aliphatic rings. The molecule has 1 aromatic heterocycles. The van der Waals surface area contributed by atoms with Crippen molar-refractivity contribution < 1.29 is 8.78 Å². The Balaban J connectivity index is 1.83. The summed E-state index contributed by atoms with van der Waals surface area (Å²) in [6.07, 6.45) is 6.53. The first-order valence-corrected chi connectivity index (χ1v) is 10.4. The largest absolute Gasteiger partial charge is 0.330 e. The molecule has 2 aromatic carbocycles. The van der Waals surface area contributed by atoms with E-state index in [4.69, 9.17) is 10.7 Å². The van der Waals surface area contributed by atoms with Crippen LogP contribution in [0.2, 0.25) is 0 Å². The van der Waals surface area contributed by atoms with Gasteiger partial charge in [0.05, 0.1) is 5.69 Å². The minimum absolute atomic E-state index is 0.130. The molecule has 0 saturated carbocycles. The summed E-state index contributed by atoms with van der Waals surface area (Å²) in [5.41, 5.74) is 8.25. The summed E-state index contributed by atoms with van der Waals surface area (Å²) in [5, 5.41) is 0. The van der Waals surface area contributed by atoms with Gasteiger partial charge >= 0.3 is 0 Å². The third-order valence-electron chi connectivity index (χ3n) is 5.24. The molecule has 2 N–H and O–H groups in total. The minimum Gasteiger partial charge on any atom is -0.330 e. The molecule has 1 radical (unpaired) electrons. The lowest BCUT2D eigenvalue weighted by Gasteiger charge is -2.24. The highest BCUT2D eigenvalue weighted by Crippen LogP contribution is 2.32. The van der Waals surface area contributed by atoms with E-state index in [9.17, 15) is 8.78 Å². The van der Waals surface area contributed by atoms with E-state index in [2.05, 4.69) is 37.0 Å². The number of halogens is 2. The predicted molar refractivity (Wildman–Crippen MR) is 118 cm³/mol. The highest BCUT2D eigenvalue weighted by molar-refractivity contribution is 5.59. The highest BCUT2D eigenvalue weighted by Gasteiger charge is 2.23. The number of alkyl halides is 1. The zero-order chi connectivity index (χ0) is 21.6. The molecule has 3 nitrogen and oxygen atoms in total. The Kier molecular flexibility index (Phi) is 7.38. The maximum atomic E-state index is 13.7. The van der Waals surface area contributed by atoms with Crippen molar-refractivity contribution in [3.05, 3.63) is 84.4 Å². The fourth-order valence-electron chi connectivity index (χ4n) is 3.56. The topological polar surface area (TPSA) is 43.8 Å². The predicted octanol–water partition coefficient (Wildman–Crippen LogP) is 5.78. The van der Waals surface area contributed by atoms with Gasteiger partial charge in [-0.25, -0.2) is 13.8 Å². The molecule has 5 heteroatoms. The second kappa shape index (κ2) is 9.98. The van der Waals surface area contributed by atoms with Crippen molar-refractivity contribution in [1.29, 1.82) is 0 Å². The minimum atomic E-state index is -0.484. The molecule has 0 aliphatic carbocycles. The van der Waals surface area contributed by atoms with Gasteiger partial charge in [0.25, 0.3) is 0 Å². The number of hydrogen-bond acceptors (Lipinski definition) is 2. The van der Waals surface area contributed by atoms with Crippen LogP contribution >= 0.6 is 0 Å². The van der Waals surface area contributed by atoms with E-state index in [1.807, 2.05) is 30.5 Å². The maximum Gasteiger partial charge on any atom is 0.123 e. The number of nitrogens with two attached hydrogens (primary N) is 1. The van der Waals surface area contributed by atoms with Crippen LogP contribution in [0.15, 0.2) is 60.8 Å². The molecule has 1 atom stereocenters. The smallest absolute Gasteiger partial charge is 0.123 e. The number of benzene rings is 2. The number of rotatable bonds is 10. The van der Waals surface area contributed by atoms with Gasteiger partial charge in [-0.1, -0.05) is 62.7 Å². The molecule has 0 bridgehead atoms. The van der Waals surface area contributed by atoms with Crippen LogP contribution in [0.4, 0.5) is 8.78 Å². The van der Waals surface area contributed by atoms with Crippen molar-refractivity contribution in [2.45, 2.75) is 45.7 Å². The summed E-state index contributed by atoms with van der Waals surface area (Å²) in [4.78, 5) is 4.82. The summed E-state index contributed by atoms with van der Waals surface area (Å²) in [6.45, 7) is 4.50. The van der Waals surface area contributed by atoms with Gasteiger partial charge in [0.1, 0.15) is 18.3 Å². The van der Waals surface area contributed by atoms with E-state index in [1.54, 1.807) is 6.07 Å². The lowest BCUT2D eigenvalue weighted by molar-refractivity contribution is 0.350. The monoisotopic (exact) mass is 410 g/mol. The van der Waals surface area contributed by atoms with Crippen LogP contribution in [0, 0.1) is 17.7 Å². The molecule has 0 fully saturated rings. The average Bonchev–Trinajstić information content (AvgIpc) is 3.10. The maximum absolute atomic E-state index is 13.7. The van der Waals surface area contributed by atoms with E-state index in [0.29, 0.717) is 13.0 Å². The van der Waals surface area contributed by atoms with Gasteiger partial charge in [0.2, 0.25) is 0 Å². The normalized spacial score (nSPS) is 12.8. The SMILES string of the molecule is CC(C)([CH]c1nc(-c2cccc(F)c2)cn1Cc1ccccc1)CCC[C@@H](N)CF. The van der Waals surface area contributed by atoms with Gasteiger partial charge in [-0.05, 0) is 36.0 Å². The van der Waals surface area contributed by atoms with Crippen molar-refractivity contribution in [2.75, 3.05) is 6.67 Å². The Labute approximate surface area is 178 Å². The van der Waals surface area contributed by atoms with Crippen molar-refractivity contribution in [3.8, 4) is 11.3 Å². The molecule has 1 heterocycles. The first kappa shape index (κ1) is 22.2. The highest BCUT2D eigenvalue weighted by atomic mass is 19.1. The molecule has 3 aromatic rings. The summed E-state index contributed by atoms with van der Waals surface area (Å²) in [5.74, 6) is 0.568.